The van der Waals surface area contributed by atoms with Gasteiger partial charge in [-0.15, -0.1) is 11.3 Å². The van der Waals surface area contributed by atoms with Crippen LogP contribution < -0.4 is 5.32 Å². The van der Waals surface area contributed by atoms with E-state index in [2.05, 4.69) is 41.7 Å². The van der Waals surface area contributed by atoms with Crippen molar-refractivity contribution < 1.29 is 0 Å². The first-order valence-corrected chi connectivity index (χ1v) is 5.99. The van der Waals surface area contributed by atoms with Crippen LogP contribution in [0, 0.1) is 0 Å². The lowest BCUT2D eigenvalue weighted by molar-refractivity contribution is 0.259. The summed E-state index contributed by atoms with van der Waals surface area (Å²) in [6.07, 6.45) is 1.16. The number of rotatable bonds is 6. The molecule has 1 aromatic rings. The van der Waals surface area contributed by atoms with Crippen molar-refractivity contribution in [3.05, 3.63) is 22.4 Å². The second kappa shape index (κ2) is 6.17. The van der Waals surface area contributed by atoms with E-state index in [0.29, 0.717) is 6.04 Å². The summed E-state index contributed by atoms with van der Waals surface area (Å²) in [5, 5.41) is 5.32. The Morgan fingerprint density at radius 3 is 2.93 bits per heavy atom. The molecule has 0 aromatic carbocycles. The van der Waals surface area contributed by atoms with Gasteiger partial charge in [-0.05, 0) is 38.9 Å². The molecule has 0 radical (unpaired) electrons. The maximum atomic E-state index is 3.17. The van der Waals surface area contributed by atoms with E-state index in [4.69, 9.17) is 0 Å². The van der Waals surface area contributed by atoms with Crippen LogP contribution >= 0.6 is 11.3 Å². The highest BCUT2D eigenvalue weighted by atomic mass is 32.1. The van der Waals surface area contributed by atoms with Gasteiger partial charge in [0, 0.05) is 24.0 Å². The minimum atomic E-state index is 0.627. The molecule has 1 unspecified atom stereocenters. The Morgan fingerprint density at radius 2 is 2.36 bits per heavy atom. The highest BCUT2D eigenvalue weighted by Crippen LogP contribution is 2.13. The second-order valence-electron chi connectivity index (χ2n) is 3.72. The molecule has 0 bridgehead atoms. The lowest BCUT2D eigenvalue weighted by Crippen LogP contribution is -2.35. The monoisotopic (exact) mass is 212 g/mol. The molecule has 0 aliphatic carbocycles. The molecule has 1 atom stereocenters. The minimum Gasteiger partial charge on any atom is -0.318 e. The molecule has 0 aliphatic heterocycles. The van der Waals surface area contributed by atoms with Crippen LogP contribution in [0.4, 0.5) is 0 Å². The molecule has 0 saturated carbocycles. The number of hydrogen-bond donors (Lipinski definition) is 1. The highest BCUT2D eigenvalue weighted by molar-refractivity contribution is 7.09. The molecule has 2 nitrogen and oxygen atoms in total. The Morgan fingerprint density at radius 1 is 1.57 bits per heavy atom. The van der Waals surface area contributed by atoms with Crippen LogP contribution in [0.3, 0.4) is 0 Å². The average Bonchev–Trinajstić information content (AvgIpc) is 2.66. The first-order chi connectivity index (χ1) is 6.74. The largest absolute Gasteiger partial charge is 0.318 e. The summed E-state index contributed by atoms with van der Waals surface area (Å²) in [6.45, 7) is 4.46. The molecule has 0 saturated heterocycles. The van der Waals surface area contributed by atoms with E-state index >= 15 is 0 Å². The van der Waals surface area contributed by atoms with Gasteiger partial charge in [-0.1, -0.05) is 6.07 Å². The molecule has 14 heavy (non-hydrogen) atoms. The third-order valence-electron chi connectivity index (χ3n) is 2.54. The topological polar surface area (TPSA) is 15.3 Å². The van der Waals surface area contributed by atoms with Gasteiger partial charge in [-0.25, -0.2) is 0 Å². The van der Waals surface area contributed by atoms with Gasteiger partial charge in [-0.2, -0.15) is 0 Å². The lowest BCUT2D eigenvalue weighted by atomic mass is 10.2. The van der Waals surface area contributed by atoms with E-state index in [0.717, 1.165) is 19.5 Å². The first kappa shape index (κ1) is 11.7. The second-order valence-corrected chi connectivity index (χ2v) is 4.75. The Hall–Kier alpha value is -0.380. The summed E-state index contributed by atoms with van der Waals surface area (Å²) in [5.41, 5.74) is 0. The summed E-state index contributed by atoms with van der Waals surface area (Å²) in [5.74, 6) is 0. The molecular weight excluding hydrogens is 192 g/mol. The first-order valence-electron chi connectivity index (χ1n) is 5.11. The van der Waals surface area contributed by atoms with Gasteiger partial charge in [0.2, 0.25) is 0 Å². The van der Waals surface area contributed by atoms with Crippen molar-refractivity contribution >= 4 is 11.3 Å². The van der Waals surface area contributed by atoms with Crippen molar-refractivity contribution in [3.63, 3.8) is 0 Å². The zero-order valence-electron chi connectivity index (χ0n) is 9.29. The van der Waals surface area contributed by atoms with E-state index in [1.165, 1.54) is 4.88 Å². The molecule has 1 heterocycles. The van der Waals surface area contributed by atoms with E-state index in [1.54, 1.807) is 0 Å². The summed E-state index contributed by atoms with van der Waals surface area (Å²) >= 11 is 1.85. The van der Waals surface area contributed by atoms with Gasteiger partial charge in [-0.3, -0.25) is 0 Å². The molecule has 1 aromatic heterocycles. The SMILES string of the molecule is CNCCN(C)C(C)Cc1cccs1. The van der Waals surface area contributed by atoms with Crippen LogP contribution in [-0.4, -0.2) is 38.1 Å². The fraction of sp³-hybridized carbons (Fsp3) is 0.636. The standard InChI is InChI=1S/C11H20N2S/c1-10(13(3)7-6-12-2)9-11-5-4-8-14-11/h4-5,8,10,12H,6-7,9H2,1-3H3. The number of thiophene rings is 1. The third kappa shape index (κ3) is 3.78. The predicted molar refractivity (Wildman–Crippen MR) is 64.0 cm³/mol. The van der Waals surface area contributed by atoms with Crippen LogP contribution in [0.15, 0.2) is 17.5 Å². The molecule has 0 aliphatic rings. The summed E-state index contributed by atoms with van der Waals surface area (Å²) in [4.78, 5) is 3.88. The number of hydrogen-bond acceptors (Lipinski definition) is 3. The summed E-state index contributed by atoms with van der Waals surface area (Å²) in [7, 11) is 4.19. The van der Waals surface area contributed by atoms with Gasteiger partial charge in [0.25, 0.3) is 0 Å². The van der Waals surface area contributed by atoms with Gasteiger partial charge in [0.15, 0.2) is 0 Å². The fourth-order valence-electron chi connectivity index (χ4n) is 1.38. The van der Waals surface area contributed by atoms with E-state index in [9.17, 15) is 0 Å². The van der Waals surface area contributed by atoms with Crippen molar-refractivity contribution in [1.82, 2.24) is 10.2 Å². The molecule has 0 amide bonds. The van der Waals surface area contributed by atoms with Crippen LogP contribution in [0.1, 0.15) is 11.8 Å². The Bertz CT molecular complexity index is 233. The van der Waals surface area contributed by atoms with E-state index in [-0.39, 0.29) is 0 Å². The number of nitrogens with zero attached hydrogens (tertiary/aromatic N) is 1. The quantitative estimate of drug-likeness (QED) is 0.774. The normalized spacial score (nSPS) is 13.4. The number of likely N-dealkylation sites (N-methyl/N-ethyl adjacent to an activating group) is 2. The van der Waals surface area contributed by atoms with E-state index in [1.807, 2.05) is 18.4 Å². The average molecular weight is 212 g/mol. The van der Waals surface area contributed by atoms with Gasteiger partial charge in [0.05, 0.1) is 0 Å². The molecule has 0 fully saturated rings. The maximum Gasteiger partial charge on any atom is 0.0113 e. The lowest BCUT2D eigenvalue weighted by Gasteiger charge is -2.24. The van der Waals surface area contributed by atoms with Crippen LogP contribution in [-0.2, 0) is 6.42 Å². The van der Waals surface area contributed by atoms with Crippen molar-refractivity contribution in [1.29, 1.82) is 0 Å². The smallest absolute Gasteiger partial charge is 0.0113 e. The Kier molecular flexibility index (Phi) is 5.15. The molecule has 0 spiro atoms. The van der Waals surface area contributed by atoms with Crippen molar-refractivity contribution in [2.75, 3.05) is 27.2 Å². The highest BCUT2D eigenvalue weighted by Gasteiger charge is 2.09. The third-order valence-corrected chi connectivity index (χ3v) is 3.44. The molecule has 80 valence electrons. The van der Waals surface area contributed by atoms with Crippen LogP contribution in [0.5, 0.6) is 0 Å². The van der Waals surface area contributed by atoms with Crippen LogP contribution in [0.25, 0.3) is 0 Å². The maximum absolute atomic E-state index is 3.17. The summed E-state index contributed by atoms with van der Waals surface area (Å²) < 4.78 is 0. The Labute approximate surface area is 90.9 Å². The fourth-order valence-corrected chi connectivity index (χ4v) is 2.21. The van der Waals surface area contributed by atoms with Crippen LogP contribution in [0.2, 0.25) is 0 Å². The van der Waals surface area contributed by atoms with Gasteiger partial charge >= 0.3 is 0 Å². The molecule has 3 heteroatoms. The van der Waals surface area contributed by atoms with Gasteiger partial charge in [0.1, 0.15) is 0 Å². The predicted octanol–water partition coefficient (Wildman–Crippen LogP) is 1.83. The zero-order valence-corrected chi connectivity index (χ0v) is 10.1. The van der Waals surface area contributed by atoms with E-state index < -0.39 is 0 Å². The molecule has 1 rings (SSSR count). The van der Waals surface area contributed by atoms with Crippen molar-refractivity contribution in [2.24, 2.45) is 0 Å². The number of nitrogens with one attached hydrogen (secondary N) is 1. The molecular formula is C11H20N2S. The van der Waals surface area contributed by atoms with Crippen molar-refractivity contribution in [3.8, 4) is 0 Å². The summed E-state index contributed by atoms with van der Waals surface area (Å²) in [6, 6.07) is 4.97. The molecule has 1 N–H and O–H groups in total. The minimum absolute atomic E-state index is 0.627. The zero-order chi connectivity index (χ0) is 10.4. The van der Waals surface area contributed by atoms with Crippen molar-refractivity contribution in [2.45, 2.75) is 19.4 Å². The van der Waals surface area contributed by atoms with Gasteiger partial charge < -0.3 is 10.2 Å². The Balaban J connectivity index is 2.30.